The molecular formula is C22H29IN10O7. The zero-order valence-electron chi connectivity index (χ0n) is 21.4. The van der Waals surface area contributed by atoms with Gasteiger partial charge in [0.15, 0.2) is 35.4 Å². The van der Waals surface area contributed by atoms with Gasteiger partial charge in [-0.1, -0.05) is 22.6 Å². The summed E-state index contributed by atoms with van der Waals surface area (Å²) in [6, 6.07) is 0. The van der Waals surface area contributed by atoms with Crippen molar-refractivity contribution in [2.45, 2.75) is 49.1 Å². The number of nitrogens with zero attached hydrogens (tertiary/aromatic N) is 8. The highest BCUT2D eigenvalue weighted by Crippen LogP contribution is 2.35. The van der Waals surface area contributed by atoms with Crippen molar-refractivity contribution in [1.29, 1.82) is 0 Å². The molecule has 0 radical (unpaired) electrons. The second kappa shape index (κ2) is 11.9. The lowest BCUT2D eigenvalue weighted by Crippen LogP contribution is -2.34. The number of anilines is 2. The third kappa shape index (κ3) is 4.93. The van der Waals surface area contributed by atoms with Gasteiger partial charge in [0.25, 0.3) is 0 Å². The fourth-order valence-corrected chi connectivity index (χ4v) is 5.51. The van der Waals surface area contributed by atoms with Gasteiger partial charge in [0, 0.05) is 18.6 Å². The van der Waals surface area contributed by atoms with Crippen LogP contribution >= 0.6 is 22.6 Å². The highest BCUT2D eigenvalue weighted by molar-refractivity contribution is 14.1. The molecule has 0 aliphatic carbocycles. The summed E-state index contributed by atoms with van der Waals surface area (Å²) in [5, 5.41) is 29.5. The van der Waals surface area contributed by atoms with Crippen LogP contribution in [0.2, 0.25) is 0 Å². The van der Waals surface area contributed by atoms with E-state index in [0.29, 0.717) is 32.6 Å². The van der Waals surface area contributed by atoms with E-state index in [1.54, 1.807) is 22.6 Å². The van der Waals surface area contributed by atoms with Gasteiger partial charge in [-0.05, 0) is 0 Å². The average molecular weight is 672 g/mol. The molecule has 18 heteroatoms. The van der Waals surface area contributed by atoms with Crippen molar-refractivity contribution in [2.24, 2.45) is 0 Å². The molecule has 2 aliphatic rings. The number of aromatic nitrogens is 8. The first kappa shape index (κ1) is 28.7. The maximum atomic E-state index is 10.2. The highest BCUT2D eigenvalue weighted by atomic mass is 127. The van der Waals surface area contributed by atoms with E-state index >= 15 is 0 Å². The van der Waals surface area contributed by atoms with Gasteiger partial charge >= 0.3 is 0 Å². The molecule has 2 saturated heterocycles. The van der Waals surface area contributed by atoms with E-state index in [2.05, 4.69) is 52.5 Å². The molecule has 6 rings (SSSR count). The number of fused-ring (bicyclic) bond motifs is 2. The molecule has 6 heterocycles. The third-order valence-electron chi connectivity index (χ3n) is 6.82. The molecule has 17 nitrogen and oxygen atoms in total. The number of methoxy groups -OCH3 is 2. The fourth-order valence-electron chi connectivity index (χ4n) is 4.79. The van der Waals surface area contributed by atoms with Crippen molar-refractivity contribution in [1.82, 2.24) is 39.0 Å². The Morgan fingerprint density at radius 1 is 0.800 bits per heavy atom. The second-order valence-corrected chi connectivity index (χ2v) is 9.90. The molecule has 0 aromatic carbocycles. The normalized spacial score (nSPS) is 30.1. The molecule has 4 aromatic rings. The van der Waals surface area contributed by atoms with E-state index in [4.69, 9.17) is 30.4 Å². The van der Waals surface area contributed by atoms with Crippen LogP contribution < -0.4 is 11.5 Å². The van der Waals surface area contributed by atoms with Crippen LogP contribution in [0.4, 0.5) is 11.6 Å². The molecule has 4 aromatic heterocycles. The Morgan fingerprint density at radius 2 is 1.25 bits per heavy atom. The number of hydrogen-bond acceptors (Lipinski definition) is 15. The molecule has 40 heavy (non-hydrogen) atoms. The molecular weight excluding hydrogens is 643 g/mol. The van der Waals surface area contributed by atoms with Crippen LogP contribution in [-0.4, -0.2) is 116 Å². The van der Waals surface area contributed by atoms with E-state index in [-0.39, 0.29) is 18.5 Å². The summed E-state index contributed by atoms with van der Waals surface area (Å²) in [6.07, 6.45) is 0.873. The topological polar surface area (TPSA) is 237 Å². The van der Waals surface area contributed by atoms with Crippen LogP contribution in [0.5, 0.6) is 0 Å². The summed E-state index contributed by atoms with van der Waals surface area (Å²) < 4.78 is 26.1. The fraction of sp³-hybridized carbons (Fsp3) is 0.545. The van der Waals surface area contributed by atoms with E-state index < -0.39 is 43.0 Å². The maximum Gasteiger partial charge on any atom is 0.167 e. The van der Waals surface area contributed by atoms with Crippen molar-refractivity contribution in [3.05, 3.63) is 25.3 Å². The summed E-state index contributed by atoms with van der Waals surface area (Å²) in [7, 11) is 3.01. The molecule has 0 bridgehead atoms. The first-order valence-corrected chi connectivity index (χ1v) is 13.6. The first-order valence-electron chi connectivity index (χ1n) is 12.1. The van der Waals surface area contributed by atoms with Gasteiger partial charge in [0.1, 0.15) is 54.2 Å². The predicted molar refractivity (Wildman–Crippen MR) is 147 cm³/mol. The van der Waals surface area contributed by atoms with Crippen molar-refractivity contribution < 1.29 is 34.3 Å². The Bertz CT molecular complexity index is 1350. The van der Waals surface area contributed by atoms with Crippen LogP contribution in [0.15, 0.2) is 25.3 Å². The number of ether oxygens (including phenoxy) is 4. The minimum absolute atomic E-state index is 0.264. The standard InChI is InChI=1S/C11H14IN5O3.C11H15N5O4/c1-19-8-7(18)5(2-12)20-11(8)17-4-16-6-9(13)14-3-15-10(6)17;1-19-8-7(18)5(2-17)20-11(8)16-4-15-6-9(12)13-3-14-10(6)16/h3-5,7-8,11,18H,2H2,1H3,(H2,13,14,15);3-5,7-8,11,17-18H,2H2,1H3,(H2,12,13,14)/t2*5-,7?,8+,11-/m11/s1. The lowest BCUT2D eigenvalue weighted by Gasteiger charge is -2.19. The summed E-state index contributed by atoms with van der Waals surface area (Å²) in [5.74, 6) is 0.576. The molecule has 2 unspecified atom stereocenters. The van der Waals surface area contributed by atoms with Gasteiger partial charge in [-0.25, -0.2) is 29.9 Å². The van der Waals surface area contributed by atoms with Gasteiger partial charge in [0.2, 0.25) is 0 Å². The summed E-state index contributed by atoms with van der Waals surface area (Å²) in [4.78, 5) is 24.4. The number of alkyl halides is 1. The molecule has 0 saturated carbocycles. The Morgan fingerprint density at radius 3 is 1.68 bits per heavy atom. The summed E-state index contributed by atoms with van der Waals surface area (Å²) >= 11 is 2.17. The minimum Gasteiger partial charge on any atom is -0.394 e. The Hall–Kier alpha value is -2.85. The lowest BCUT2D eigenvalue weighted by molar-refractivity contribution is -0.0583. The lowest BCUT2D eigenvalue weighted by atomic mass is 10.1. The zero-order valence-corrected chi connectivity index (χ0v) is 23.6. The van der Waals surface area contributed by atoms with E-state index in [9.17, 15) is 15.3 Å². The SMILES string of the molecule is CO[C@H]1C(O)[C@@H](CI)O[C@H]1n1cnc2c(N)ncnc21.CO[C@H]1C(O)[C@@H](CO)O[C@H]1n1cnc2c(N)ncnc21. The van der Waals surface area contributed by atoms with Crippen molar-refractivity contribution in [3.8, 4) is 0 Å². The molecule has 0 amide bonds. The Kier molecular flexibility index (Phi) is 8.56. The quantitative estimate of drug-likeness (QED) is 0.119. The number of aliphatic hydroxyl groups excluding tert-OH is 3. The average Bonchev–Trinajstić information content (AvgIpc) is 3.72. The molecule has 216 valence electrons. The van der Waals surface area contributed by atoms with Crippen LogP contribution in [0.1, 0.15) is 12.5 Å². The molecule has 2 fully saturated rings. The van der Waals surface area contributed by atoms with E-state index in [1.165, 1.54) is 26.1 Å². The second-order valence-electron chi connectivity index (χ2n) is 9.01. The third-order valence-corrected chi connectivity index (χ3v) is 7.69. The van der Waals surface area contributed by atoms with Gasteiger partial charge < -0.3 is 45.7 Å². The number of rotatable bonds is 6. The van der Waals surface area contributed by atoms with Gasteiger partial charge in [-0.2, -0.15) is 0 Å². The van der Waals surface area contributed by atoms with E-state index in [0.717, 1.165) is 0 Å². The van der Waals surface area contributed by atoms with Crippen molar-refractivity contribution in [2.75, 3.05) is 36.7 Å². The Labute approximate surface area is 240 Å². The minimum atomic E-state index is -0.938. The van der Waals surface area contributed by atoms with Crippen LogP contribution in [0.3, 0.4) is 0 Å². The van der Waals surface area contributed by atoms with Gasteiger partial charge in [-0.3, -0.25) is 9.13 Å². The van der Waals surface area contributed by atoms with Gasteiger partial charge in [-0.15, -0.1) is 0 Å². The largest absolute Gasteiger partial charge is 0.394 e. The predicted octanol–water partition coefficient (Wildman–Crippen LogP) is -1.21. The highest BCUT2D eigenvalue weighted by Gasteiger charge is 2.46. The van der Waals surface area contributed by atoms with E-state index in [1.807, 2.05) is 0 Å². The van der Waals surface area contributed by atoms with Crippen molar-refractivity contribution in [3.63, 3.8) is 0 Å². The van der Waals surface area contributed by atoms with Crippen LogP contribution in [0, 0.1) is 0 Å². The number of imidazole rings is 2. The summed E-state index contributed by atoms with van der Waals surface area (Å²) in [5.41, 5.74) is 13.5. The molecule has 7 N–H and O–H groups in total. The number of aliphatic hydroxyl groups is 3. The molecule has 2 aliphatic heterocycles. The number of nitrogens with two attached hydrogens (primary N) is 2. The number of halogens is 1. The first-order chi connectivity index (χ1) is 19.3. The summed E-state index contributed by atoms with van der Waals surface area (Å²) in [6.45, 7) is -0.304. The number of hydrogen-bond donors (Lipinski definition) is 5. The molecule has 0 spiro atoms. The van der Waals surface area contributed by atoms with Crippen molar-refractivity contribution >= 4 is 56.6 Å². The molecule has 8 atom stereocenters. The van der Waals surface area contributed by atoms with Gasteiger partial charge in [0.05, 0.1) is 25.4 Å². The smallest absolute Gasteiger partial charge is 0.167 e. The number of nitrogen functional groups attached to an aromatic ring is 2. The van der Waals surface area contributed by atoms with Crippen LogP contribution in [0.25, 0.3) is 22.3 Å². The maximum absolute atomic E-state index is 10.2. The Balaban J connectivity index is 0.000000161. The van der Waals surface area contributed by atoms with Crippen LogP contribution in [-0.2, 0) is 18.9 Å². The zero-order chi connectivity index (χ0) is 28.6. The monoisotopic (exact) mass is 672 g/mol.